The molecule has 3 rings (SSSR count). The van der Waals surface area contributed by atoms with E-state index in [4.69, 9.17) is 9.52 Å². The van der Waals surface area contributed by atoms with Gasteiger partial charge in [-0.15, -0.1) is 0 Å². The van der Waals surface area contributed by atoms with Gasteiger partial charge < -0.3 is 19.7 Å². The summed E-state index contributed by atoms with van der Waals surface area (Å²) in [5, 5.41) is 23.6. The van der Waals surface area contributed by atoms with Crippen molar-refractivity contribution >= 4 is 23.3 Å². The number of rotatable bonds is 6. The Labute approximate surface area is 142 Å². The van der Waals surface area contributed by atoms with Crippen LogP contribution in [0.5, 0.6) is 0 Å². The van der Waals surface area contributed by atoms with Gasteiger partial charge in [0, 0.05) is 25.2 Å². The van der Waals surface area contributed by atoms with E-state index in [1.54, 1.807) is 11.0 Å². The van der Waals surface area contributed by atoms with Crippen LogP contribution in [0, 0.1) is 16.0 Å². The number of piperidine rings is 1. The zero-order valence-corrected chi connectivity index (χ0v) is 13.3. The van der Waals surface area contributed by atoms with Crippen LogP contribution in [-0.4, -0.2) is 39.1 Å². The molecule has 1 aliphatic heterocycles. The molecule has 1 fully saturated rings. The highest BCUT2D eigenvalue weighted by atomic mass is 16.6. The zero-order valence-electron chi connectivity index (χ0n) is 13.3. The third-order valence-corrected chi connectivity index (χ3v) is 4.17. The molecule has 0 atom stereocenters. The summed E-state index contributed by atoms with van der Waals surface area (Å²) in [6.45, 7) is 1.13. The van der Waals surface area contributed by atoms with Crippen molar-refractivity contribution in [3.63, 3.8) is 0 Å². The SMILES string of the molecule is O=C(O)C1CCN(c2ncnc(NCc3ccoc3)c2[N+](=O)[O-])CC1. The third-order valence-electron chi connectivity index (χ3n) is 4.17. The molecule has 3 heterocycles. The normalized spacial score (nSPS) is 15.1. The fourth-order valence-electron chi connectivity index (χ4n) is 2.82. The topological polar surface area (TPSA) is 135 Å². The number of carboxylic acids is 1. The summed E-state index contributed by atoms with van der Waals surface area (Å²) in [6.07, 6.45) is 5.17. The number of aromatic nitrogens is 2. The molecule has 1 aliphatic rings. The van der Waals surface area contributed by atoms with Gasteiger partial charge in [0.05, 0.1) is 23.4 Å². The van der Waals surface area contributed by atoms with Gasteiger partial charge in [-0.2, -0.15) is 0 Å². The van der Waals surface area contributed by atoms with Crippen molar-refractivity contribution in [3.8, 4) is 0 Å². The van der Waals surface area contributed by atoms with Crippen molar-refractivity contribution < 1.29 is 19.2 Å². The molecule has 25 heavy (non-hydrogen) atoms. The fraction of sp³-hybridized carbons (Fsp3) is 0.400. The van der Waals surface area contributed by atoms with E-state index >= 15 is 0 Å². The first-order chi connectivity index (χ1) is 12.1. The molecule has 132 valence electrons. The minimum atomic E-state index is -0.834. The van der Waals surface area contributed by atoms with E-state index in [-0.39, 0.29) is 17.3 Å². The zero-order chi connectivity index (χ0) is 17.8. The lowest BCUT2D eigenvalue weighted by Crippen LogP contribution is -2.37. The number of carbonyl (C=O) groups is 1. The second kappa shape index (κ2) is 7.16. The molecule has 0 amide bonds. The van der Waals surface area contributed by atoms with Crippen LogP contribution in [0.3, 0.4) is 0 Å². The van der Waals surface area contributed by atoms with Gasteiger partial charge in [0.25, 0.3) is 0 Å². The summed E-state index contributed by atoms with van der Waals surface area (Å²) in [4.78, 5) is 31.9. The van der Waals surface area contributed by atoms with Crippen molar-refractivity contribution in [1.82, 2.24) is 9.97 Å². The van der Waals surface area contributed by atoms with Crippen LogP contribution < -0.4 is 10.2 Å². The van der Waals surface area contributed by atoms with E-state index in [0.717, 1.165) is 5.56 Å². The van der Waals surface area contributed by atoms with E-state index in [1.165, 1.54) is 18.9 Å². The number of hydrogen-bond donors (Lipinski definition) is 2. The minimum Gasteiger partial charge on any atom is -0.481 e. The first-order valence-corrected chi connectivity index (χ1v) is 7.78. The molecule has 10 nitrogen and oxygen atoms in total. The largest absolute Gasteiger partial charge is 0.481 e. The van der Waals surface area contributed by atoms with Gasteiger partial charge in [0.15, 0.2) is 0 Å². The molecule has 2 aromatic heterocycles. The Morgan fingerprint density at radius 2 is 2.20 bits per heavy atom. The second-order valence-corrected chi connectivity index (χ2v) is 5.74. The van der Waals surface area contributed by atoms with Gasteiger partial charge in [-0.3, -0.25) is 14.9 Å². The smallest absolute Gasteiger partial charge is 0.353 e. The van der Waals surface area contributed by atoms with Gasteiger partial charge in [-0.1, -0.05) is 0 Å². The highest BCUT2D eigenvalue weighted by Gasteiger charge is 2.31. The second-order valence-electron chi connectivity index (χ2n) is 5.74. The van der Waals surface area contributed by atoms with Crippen molar-refractivity contribution in [2.75, 3.05) is 23.3 Å². The standard InChI is InChI=1S/C15H17N5O5/c21-15(22)11-1-4-19(5-2-11)14-12(20(23)24)13(17-9-18-14)16-7-10-3-6-25-8-10/h3,6,8-9,11H,1-2,4-5,7H2,(H,21,22)(H,16,17,18). The Kier molecular flexibility index (Phi) is 4.78. The van der Waals surface area contributed by atoms with E-state index in [2.05, 4.69) is 15.3 Å². The lowest BCUT2D eigenvalue weighted by atomic mass is 9.97. The summed E-state index contributed by atoms with van der Waals surface area (Å²) in [6, 6.07) is 1.75. The molecule has 1 saturated heterocycles. The average Bonchev–Trinajstić information content (AvgIpc) is 3.13. The molecule has 0 aliphatic carbocycles. The van der Waals surface area contributed by atoms with Crippen molar-refractivity contribution in [3.05, 3.63) is 40.6 Å². The Morgan fingerprint density at radius 3 is 2.80 bits per heavy atom. The monoisotopic (exact) mass is 347 g/mol. The third kappa shape index (κ3) is 3.67. The number of nitrogens with one attached hydrogen (secondary N) is 1. The number of nitrogens with zero attached hydrogens (tertiary/aromatic N) is 4. The Hall–Kier alpha value is -3.17. The van der Waals surface area contributed by atoms with Crippen LogP contribution in [0.1, 0.15) is 18.4 Å². The number of carboxylic acid groups (broad SMARTS) is 1. The van der Waals surface area contributed by atoms with E-state index in [9.17, 15) is 14.9 Å². The first kappa shape index (κ1) is 16.7. The number of aliphatic carboxylic acids is 1. The van der Waals surface area contributed by atoms with Gasteiger partial charge in [-0.25, -0.2) is 9.97 Å². The maximum Gasteiger partial charge on any atom is 0.353 e. The van der Waals surface area contributed by atoms with Crippen LogP contribution in [0.2, 0.25) is 0 Å². The quantitative estimate of drug-likeness (QED) is 0.593. The molecule has 0 unspecified atom stereocenters. The first-order valence-electron chi connectivity index (χ1n) is 7.78. The number of furan rings is 1. The van der Waals surface area contributed by atoms with Crippen LogP contribution >= 0.6 is 0 Å². The molecule has 2 N–H and O–H groups in total. The lowest BCUT2D eigenvalue weighted by molar-refractivity contribution is -0.383. The number of hydrogen-bond acceptors (Lipinski definition) is 8. The predicted molar refractivity (Wildman–Crippen MR) is 87.3 cm³/mol. The summed E-state index contributed by atoms with van der Waals surface area (Å²) >= 11 is 0. The highest BCUT2D eigenvalue weighted by molar-refractivity contribution is 5.72. The summed E-state index contributed by atoms with van der Waals surface area (Å²) in [7, 11) is 0. The Bertz CT molecular complexity index is 756. The van der Waals surface area contributed by atoms with Crippen molar-refractivity contribution in [2.24, 2.45) is 5.92 Å². The molecule has 0 saturated carbocycles. The molecule has 0 spiro atoms. The van der Waals surface area contributed by atoms with Crippen molar-refractivity contribution in [2.45, 2.75) is 19.4 Å². The van der Waals surface area contributed by atoms with Crippen LogP contribution in [0.15, 0.2) is 29.3 Å². The van der Waals surface area contributed by atoms with Gasteiger partial charge >= 0.3 is 11.7 Å². The van der Waals surface area contributed by atoms with Gasteiger partial charge in [0.1, 0.15) is 6.33 Å². The van der Waals surface area contributed by atoms with Gasteiger partial charge in [0.2, 0.25) is 11.6 Å². The molecule has 0 bridgehead atoms. The molecule has 2 aromatic rings. The summed E-state index contributed by atoms with van der Waals surface area (Å²) in [5.41, 5.74) is 0.622. The Balaban J connectivity index is 1.80. The number of anilines is 2. The maximum absolute atomic E-state index is 11.6. The predicted octanol–water partition coefficient (Wildman–Crippen LogP) is 1.89. The molecule has 0 radical (unpaired) electrons. The van der Waals surface area contributed by atoms with E-state index in [1.807, 2.05) is 0 Å². The molecule has 10 heteroatoms. The van der Waals surface area contributed by atoms with Gasteiger partial charge in [-0.05, 0) is 18.9 Å². The summed E-state index contributed by atoms with van der Waals surface area (Å²) in [5.74, 6) is -0.926. The average molecular weight is 347 g/mol. The number of nitro groups is 1. The molecule has 0 aromatic carbocycles. The van der Waals surface area contributed by atoms with Crippen LogP contribution in [-0.2, 0) is 11.3 Å². The molecular weight excluding hydrogens is 330 g/mol. The van der Waals surface area contributed by atoms with E-state index in [0.29, 0.717) is 32.5 Å². The maximum atomic E-state index is 11.6. The minimum absolute atomic E-state index is 0.122. The van der Waals surface area contributed by atoms with Crippen LogP contribution in [0.4, 0.5) is 17.3 Å². The fourth-order valence-corrected chi connectivity index (χ4v) is 2.82. The highest BCUT2D eigenvalue weighted by Crippen LogP contribution is 2.34. The van der Waals surface area contributed by atoms with E-state index < -0.39 is 16.8 Å². The van der Waals surface area contributed by atoms with Crippen LogP contribution in [0.25, 0.3) is 0 Å². The Morgan fingerprint density at radius 1 is 1.44 bits per heavy atom. The summed E-state index contributed by atoms with van der Waals surface area (Å²) < 4.78 is 4.97. The lowest BCUT2D eigenvalue weighted by Gasteiger charge is -2.30. The van der Waals surface area contributed by atoms with Crippen molar-refractivity contribution in [1.29, 1.82) is 0 Å². The molecular formula is C15H17N5O5.